The minimum Gasteiger partial charge on any atom is -0.475 e. The molecule has 2 rings (SSSR count). The van der Waals surface area contributed by atoms with Crippen LogP contribution >= 0.6 is 34.8 Å². The third-order valence-electron chi connectivity index (χ3n) is 2.52. The van der Waals surface area contributed by atoms with Gasteiger partial charge in [-0.1, -0.05) is 46.9 Å². The van der Waals surface area contributed by atoms with Gasteiger partial charge in [0.2, 0.25) is 5.88 Å². The molecule has 1 amide bonds. The topological polar surface area (TPSA) is 51.2 Å². The molecule has 1 N–H and O–H groups in total. The molecule has 0 aliphatic rings. The van der Waals surface area contributed by atoms with Gasteiger partial charge in [-0.2, -0.15) is 0 Å². The van der Waals surface area contributed by atoms with Gasteiger partial charge >= 0.3 is 0 Å². The highest BCUT2D eigenvalue weighted by molar-refractivity contribution is 6.35. The number of hydrogen-bond acceptors (Lipinski definition) is 3. The molecule has 0 radical (unpaired) electrons. The summed E-state index contributed by atoms with van der Waals surface area (Å²) >= 11 is 17.6. The highest BCUT2D eigenvalue weighted by Crippen LogP contribution is 2.24. The molecule has 0 bridgehead atoms. The Hall–Kier alpha value is -1.49. The van der Waals surface area contributed by atoms with Gasteiger partial charge in [0, 0.05) is 6.20 Å². The molecular formula is C14H11Cl3N2O2. The third kappa shape index (κ3) is 4.49. The molecular weight excluding hydrogens is 335 g/mol. The number of amides is 1. The quantitative estimate of drug-likeness (QED) is 0.837. The second-order valence-electron chi connectivity index (χ2n) is 4.02. The molecule has 0 aliphatic heterocycles. The molecule has 4 nitrogen and oxygen atoms in total. The van der Waals surface area contributed by atoms with E-state index in [9.17, 15) is 4.79 Å². The first-order chi connectivity index (χ1) is 10.1. The Labute approximate surface area is 137 Å². The van der Waals surface area contributed by atoms with Gasteiger partial charge in [0.05, 0.1) is 22.2 Å². The van der Waals surface area contributed by atoms with E-state index in [1.54, 1.807) is 24.3 Å². The molecule has 1 aromatic heterocycles. The molecule has 2 aromatic rings. The average molecular weight is 346 g/mol. The number of hydrogen-bond donors (Lipinski definition) is 1. The van der Waals surface area contributed by atoms with E-state index < -0.39 is 0 Å². The standard InChI is InChI=1S/C14H11Cl3N2O2/c15-9-7-12(17)14(19-8-9)21-6-5-18-13(20)10-3-1-2-4-11(10)16/h1-4,7-8H,5-6H2,(H,18,20). The fourth-order valence-corrected chi connectivity index (χ4v) is 2.22. The van der Waals surface area contributed by atoms with Crippen LogP contribution in [0.15, 0.2) is 36.5 Å². The normalized spacial score (nSPS) is 10.2. The number of halogens is 3. The maximum absolute atomic E-state index is 11.9. The number of nitrogens with zero attached hydrogens (tertiary/aromatic N) is 1. The maximum Gasteiger partial charge on any atom is 0.252 e. The summed E-state index contributed by atoms with van der Waals surface area (Å²) in [4.78, 5) is 15.8. The Kier molecular flexibility index (Phi) is 5.67. The number of nitrogens with one attached hydrogen (secondary N) is 1. The lowest BCUT2D eigenvalue weighted by atomic mass is 10.2. The molecule has 1 aromatic carbocycles. The Morgan fingerprint density at radius 1 is 1.19 bits per heavy atom. The van der Waals surface area contributed by atoms with Crippen molar-refractivity contribution in [1.29, 1.82) is 0 Å². The zero-order chi connectivity index (χ0) is 15.2. The van der Waals surface area contributed by atoms with Crippen LogP contribution in [0.25, 0.3) is 0 Å². The monoisotopic (exact) mass is 344 g/mol. The summed E-state index contributed by atoms with van der Waals surface area (Å²) < 4.78 is 5.36. The summed E-state index contributed by atoms with van der Waals surface area (Å²) in [5.74, 6) is 0.00687. The van der Waals surface area contributed by atoms with Crippen molar-refractivity contribution in [2.45, 2.75) is 0 Å². The predicted octanol–water partition coefficient (Wildman–Crippen LogP) is 3.85. The Bertz CT molecular complexity index is 650. The van der Waals surface area contributed by atoms with E-state index >= 15 is 0 Å². The minimum absolute atomic E-state index is 0.227. The highest BCUT2D eigenvalue weighted by Gasteiger charge is 2.09. The van der Waals surface area contributed by atoms with Crippen LogP contribution in [0.1, 0.15) is 10.4 Å². The summed E-state index contributed by atoms with van der Waals surface area (Å²) in [6.07, 6.45) is 1.44. The largest absolute Gasteiger partial charge is 0.475 e. The van der Waals surface area contributed by atoms with Crippen LogP contribution in [0.4, 0.5) is 0 Å². The lowest BCUT2D eigenvalue weighted by molar-refractivity contribution is 0.0947. The van der Waals surface area contributed by atoms with Gasteiger partial charge in [-0.15, -0.1) is 0 Å². The molecule has 7 heteroatoms. The van der Waals surface area contributed by atoms with E-state index in [-0.39, 0.29) is 18.4 Å². The fraction of sp³-hybridized carbons (Fsp3) is 0.143. The highest BCUT2D eigenvalue weighted by atomic mass is 35.5. The van der Waals surface area contributed by atoms with Gasteiger partial charge in [-0.3, -0.25) is 4.79 Å². The molecule has 0 saturated carbocycles. The number of carbonyl (C=O) groups is 1. The lowest BCUT2D eigenvalue weighted by Gasteiger charge is -2.09. The third-order valence-corrected chi connectivity index (χ3v) is 3.33. The molecule has 0 atom stereocenters. The average Bonchev–Trinajstić information content (AvgIpc) is 2.45. The van der Waals surface area contributed by atoms with Gasteiger partial charge in [0.1, 0.15) is 11.6 Å². The summed E-state index contributed by atoms with van der Waals surface area (Å²) in [7, 11) is 0. The van der Waals surface area contributed by atoms with E-state index in [0.717, 1.165) is 0 Å². The van der Waals surface area contributed by atoms with Crippen LogP contribution in [0.2, 0.25) is 15.1 Å². The van der Waals surface area contributed by atoms with Crippen LogP contribution in [-0.2, 0) is 0 Å². The molecule has 0 fully saturated rings. The van der Waals surface area contributed by atoms with Crippen LogP contribution in [0, 0.1) is 0 Å². The van der Waals surface area contributed by atoms with E-state index in [2.05, 4.69) is 10.3 Å². The summed E-state index contributed by atoms with van der Waals surface area (Å²) in [6.45, 7) is 0.523. The molecule has 21 heavy (non-hydrogen) atoms. The number of benzene rings is 1. The molecule has 0 spiro atoms. The molecule has 0 aliphatic carbocycles. The zero-order valence-corrected chi connectivity index (χ0v) is 13.0. The zero-order valence-electron chi connectivity index (χ0n) is 10.8. The van der Waals surface area contributed by atoms with Crippen LogP contribution < -0.4 is 10.1 Å². The van der Waals surface area contributed by atoms with Gasteiger partial charge < -0.3 is 10.1 Å². The van der Waals surface area contributed by atoms with Crippen molar-refractivity contribution in [1.82, 2.24) is 10.3 Å². The van der Waals surface area contributed by atoms with E-state index in [4.69, 9.17) is 39.5 Å². The van der Waals surface area contributed by atoms with Gasteiger partial charge in [0.25, 0.3) is 5.91 Å². The SMILES string of the molecule is O=C(NCCOc1ncc(Cl)cc1Cl)c1ccccc1Cl. The summed E-state index contributed by atoms with van der Waals surface area (Å²) in [5.41, 5.74) is 0.418. The number of pyridine rings is 1. The molecule has 0 saturated heterocycles. The Morgan fingerprint density at radius 2 is 1.95 bits per heavy atom. The van der Waals surface area contributed by atoms with Gasteiger partial charge in [-0.05, 0) is 18.2 Å². The van der Waals surface area contributed by atoms with Gasteiger partial charge in [-0.25, -0.2) is 4.98 Å². The van der Waals surface area contributed by atoms with Crippen molar-refractivity contribution >= 4 is 40.7 Å². The molecule has 1 heterocycles. The first-order valence-corrected chi connectivity index (χ1v) is 7.18. The number of aromatic nitrogens is 1. The second-order valence-corrected chi connectivity index (χ2v) is 5.28. The van der Waals surface area contributed by atoms with Crippen molar-refractivity contribution in [2.75, 3.05) is 13.2 Å². The Morgan fingerprint density at radius 3 is 2.67 bits per heavy atom. The maximum atomic E-state index is 11.9. The van der Waals surface area contributed by atoms with Crippen LogP contribution in [0.5, 0.6) is 5.88 Å². The van der Waals surface area contributed by atoms with Crippen molar-refractivity contribution in [3.8, 4) is 5.88 Å². The van der Waals surface area contributed by atoms with Crippen LogP contribution in [0.3, 0.4) is 0 Å². The van der Waals surface area contributed by atoms with E-state index in [1.807, 2.05) is 0 Å². The van der Waals surface area contributed by atoms with Gasteiger partial charge in [0.15, 0.2) is 0 Å². The number of ether oxygens (including phenoxy) is 1. The molecule has 110 valence electrons. The lowest BCUT2D eigenvalue weighted by Crippen LogP contribution is -2.28. The smallest absolute Gasteiger partial charge is 0.252 e. The second kappa shape index (κ2) is 7.50. The first kappa shape index (κ1) is 15.9. The Balaban J connectivity index is 1.82. The van der Waals surface area contributed by atoms with Crippen molar-refractivity contribution in [3.05, 3.63) is 57.2 Å². The minimum atomic E-state index is -0.264. The predicted molar refractivity (Wildman–Crippen MR) is 83.5 cm³/mol. The molecule has 0 unspecified atom stereocenters. The summed E-state index contributed by atoms with van der Waals surface area (Å²) in [5, 5.41) is 3.85. The van der Waals surface area contributed by atoms with Crippen molar-refractivity contribution in [3.63, 3.8) is 0 Å². The van der Waals surface area contributed by atoms with Crippen molar-refractivity contribution < 1.29 is 9.53 Å². The van der Waals surface area contributed by atoms with E-state index in [0.29, 0.717) is 27.2 Å². The van der Waals surface area contributed by atoms with Crippen molar-refractivity contribution in [2.24, 2.45) is 0 Å². The first-order valence-electron chi connectivity index (χ1n) is 6.04. The summed E-state index contributed by atoms with van der Waals surface area (Å²) in [6, 6.07) is 8.35. The fourth-order valence-electron chi connectivity index (χ4n) is 1.56. The number of carbonyl (C=O) groups excluding carboxylic acids is 1. The van der Waals surface area contributed by atoms with Crippen LogP contribution in [-0.4, -0.2) is 24.0 Å². The number of rotatable bonds is 5. The van der Waals surface area contributed by atoms with E-state index in [1.165, 1.54) is 12.3 Å².